The number of aromatic nitrogens is 1. The van der Waals surface area contributed by atoms with Gasteiger partial charge >= 0.3 is 0 Å². The standard InChI is InChI=1S/C14H12ClFN2O2/c1-2-13(19)18(20-11-6-4-3-5-7-11)14-12(16)8-10(15)9-17-14/h3-9H,2H2,1H3. The molecule has 0 aliphatic heterocycles. The van der Waals surface area contributed by atoms with Gasteiger partial charge < -0.3 is 4.84 Å². The molecule has 0 unspecified atom stereocenters. The van der Waals surface area contributed by atoms with Crippen LogP contribution in [-0.2, 0) is 4.79 Å². The second kappa shape index (κ2) is 6.34. The third-order valence-corrected chi connectivity index (χ3v) is 2.66. The van der Waals surface area contributed by atoms with Crippen LogP contribution in [0.3, 0.4) is 0 Å². The van der Waals surface area contributed by atoms with Crippen LogP contribution in [0.2, 0.25) is 5.02 Å². The molecule has 0 spiro atoms. The topological polar surface area (TPSA) is 42.4 Å². The van der Waals surface area contributed by atoms with Crippen molar-refractivity contribution < 1.29 is 14.0 Å². The van der Waals surface area contributed by atoms with Crippen molar-refractivity contribution in [3.8, 4) is 5.75 Å². The summed E-state index contributed by atoms with van der Waals surface area (Å²) in [5.41, 5.74) is 0. The highest BCUT2D eigenvalue weighted by Crippen LogP contribution is 2.22. The van der Waals surface area contributed by atoms with E-state index >= 15 is 0 Å². The molecule has 1 amide bonds. The Kier molecular flexibility index (Phi) is 4.53. The molecule has 0 aliphatic rings. The quantitative estimate of drug-likeness (QED) is 0.809. The number of anilines is 1. The number of hydrogen-bond acceptors (Lipinski definition) is 3. The summed E-state index contributed by atoms with van der Waals surface area (Å²) in [5.74, 6) is -0.951. The summed E-state index contributed by atoms with van der Waals surface area (Å²) in [6.45, 7) is 1.65. The molecule has 0 atom stereocenters. The maximum Gasteiger partial charge on any atom is 0.261 e. The zero-order valence-corrected chi connectivity index (χ0v) is 11.5. The highest BCUT2D eigenvalue weighted by molar-refractivity contribution is 6.30. The van der Waals surface area contributed by atoms with Gasteiger partial charge in [-0.3, -0.25) is 4.79 Å². The predicted octanol–water partition coefficient (Wildman–Crippen LogP) is 3.61. The van der Waals surface area contributed by atoms with Crippen LogP contribution < -0.4 is 9.90 Å². The van der Waals surface area contributed by atoms with Crippen molar-refractivity contribution in [3.63, 3.8) is 0 Å². The molecule has 0 radical (unpaired) electrons. The average molecular weight is 295 g/mol. The zero-order chi connectivity index (χ0) is 14.5. The summed E-state index contributed by atoms with van der Waals surface area (Å²) >= 11 is 5.65. The molecule has 2 aromatic rings. The van der Waals surface area contributed by atoms with Crippen molar-refractivity contribution >= 4 is 23.3 Å². The van der Waals surface area contributed by atoms with Gasteiger partial charge in [0.2, 0.25) is 5.82 Å². The number of carbonyl (C=O) groups is 1. The second-order valence-corrected chi connectivity index (χ2v) is 4.34. The molecule has 0 saturated heterocycles. The van der Waals surface area contributed by atoms with Gasteiger partial charge in [0.15, 0.2) is 11.6 Å². The largest absolute Gasteiger partial charge is 0.370 e. The van der Waals surface area contributed by atoms with Crippen LogP contribution >= 0.6 is 11.6 Å². The zero-order valence-electron chi connectivity index (χ0n) is 10.7. The van der Waals surface area contributed by atoms with Crippen LogP contribution in [0.4, 0.5) is 10.2 Å². The molecule has 104 valence electrons. The maximum atomic E-state index is 13.9. The first kappa shape index (κ1) is 14.3. The SMILES string of the molecule is CCC(=O)N(Oc1ccccc1)c1ncc(Cl)cc1F. The number of hydrogen-bond donors (Lipinski definition) is 0. The second-order valence-electron chi connectivity index (χ2n) is 3.90. The lowest BCUT2D eigenvalue weighted by atomic mass is 10.3. The van der Waals surface area contributed by atoms with Crippen molar-refractivity contribution in [2.75, 3.05) is 5.06 Å². The lowest BCUT2D eigenvalue weighted by Gasteiger charge is -2.21. The summed E-state index contributed by atoms with van der Waals surface area (Å²) in [4.78, 5) is 21.1. The fourth-order valence-corrected chi connectivity index (χ4v) is 1.64. The molecule has 1 aromatic carbocycles. The van der Waals surface area contributed by atoms with Gasteiger partial charge in [0.05, 0.1) is 5.02 Å². The van der Waals surface area contributed by atoms with Crippen molar-refractivity contribution in [1.82, 2.24) is 4.98 Å². The normalized spacial score (nSPS) is 10.2. The van der Waals surface area contributed by atoms with E-state index in [1.165, 1.54) is 6.20 Å². The fourth-order valence-electron chi connectivity index (χ4n) is 1.50. The Bertz CT molecular complexity index is 607. The highest BCUT2D eigenvalue weighted by Gasteiger charge is 2.22. The van der Waals surface area contributed by atoms with E-state index in [4.69, 9.17) is 16.4 Å². The van der Waals surface area contributed by atoms with Gasteiger partial charge in [-0.25, -0.2) is 9.37 Å². The Balaban J connectivity index is 2.35. The van der Waals surface area contributed by atoms with E-state index < -0.39 is 11.7 Å². The van der Waals surface area contributed by atoms with E-state index in [2.05, 4.69) is 4.98 Å². The molecule has 0 aliphatic carbocycles. The minimum absolute atomic E-state index is 0.148. The first-order valence-corrected chi connectivity index (χ1v) is 6.36. The minimum atomic E-state index is -0.727. The van der Waals surface area contributed by atoms with Crippen LogP contribution in [0.1, 0.15) is 13.3 Å². The molecule has 2 rings (SSSR count). The van der Waals surface area contributed by atoms with Crippen molar-refractivity contribution in [1.29, 1.82) is 0 Å². The van der Waals surface area contributed by atoms with E-state index in [9.17, 15) is 9.18 Å². The Hall–Kier alpha value is -2.14. The summed E-state index contributed by atoms with van der Waals surface area (Å²) < 4.78 is 13.9. The lowest BCUT2D eigenvalue weighted by molar-refractivity contribution is -0.122. The molecule has 0 bridgehead atoms. The van der Waals surface area contributed by atoms with Gasteiger partial charge in [0, 0.05) is 12.6 Å². The van der Waals surface area contributed by atoms with Crippen molar-refractivity contribution in [2.24, 2.45) is 0 Å². The molecule has 0 fully saturated rings. The first-order chi connectivity index (χ1) is 9.61. The Morgan fingerprint density at radius 1 is 1.40 bits per heavy atom. The van der Waals surface area contributed by atoms with E-state index in [1.54, 1.807) is 37.3 Å². The Morgan fingerprint density at radius 3 is 2.70 bits per heavy atom. The summed E-state index contributed by atoms with van der Waals surface area (Å²) in [6.07, 6.45) is 1.40. The first-order valence-electron chi connectivity index (χ1n) is 5.99. The van der Waals surface area contributed by atoms with Gasteiger partial charge in [-0.15, -0.1) is 5.06 Å². The summed E-state index contributed by atoms with van der Waals surface area (Å²) in [5, 5.41) is 0.982. The van der Waals surface area contributed by atoms with Crippen LogP contribution in [0.15, 0.2) is 42.6 Å². The number of pyridine rings is 1. The minimum Gasteiger partial charge on any atom is -0.370 e. The summed E-state index contributed by atoms with van der Waals surface area (Å²) in [7, 11) is 0. The number of benzene rings is 1. The Labute approximate surface area is 120 Å². The molecule has 1 aromatic heterocycles. The number of para-hydroxylation sites is 1. The van der Waals surface area contributed by atoms with Gasteiger partial charge in [-0.1, -0.05) is 36.7 Å². The molecule has 20 heavy (non-hydrogen) atoms. The predicted molar refractivity (Wildman–Crippen MR) is 74.1 cm³/mol. The van der Waals surface area contributed by atoms with E-state index in [0.717, 1.165) is 11.1 Å². The number of halogens is 2. The molecule has 0 N–H and O–H groups in total. The number of hydroxylamine groups is 1. The molecule has 4 nitrogen and oxygen atoms in total. The average Bonchev–Trinajstić information content (AvgIpc) is 2.46. The van der Waals surface area contributed by atoms with Gasteiger partial charge in [-0.2, -0.15) is 0 Å². The smallest absolute Gasteiger partial charge is 0.261 e. The molecule has 6 heteroatoms. The van der Waals surface area contributed by atoms with Crippen LogP contribution in [0.25, 0.3) is 0 Å². The third-order valence-electron chi connectivity index (χ3n) is 2.45. The molecule has 0 saturated carbocycles. The van der Waals surface area contributed by atoms with E-state index in [0.29, 0.717) is 5.75 Å². The Morgan fingerprint density at radius 2 is 2.10 bits per heavy atom. The highest BCUT2D eigenvalue weighted by atomic mass is 35.5. The fraction of sp³-hybridized carbons (Fsp3) is 0.143. The van der Waals surface area contributed by atoms with Crippen molar-refractivity contribution in [3.05, 3.63) is 53.4 Å². The number of nitrogens with zero attached hydrogens (tertiary/aromatic N) is 2. The number of amides is 1. The van der Waals surface area contributed by atoms with Gasteiger partial charge in [-0.05, 0) is 18.2 Å². The summed E-state index contributed by atoms with van der Waals surface area (Å²) in [6, 6.07) is 9.69. The molecular formula is C14H12ClFN2O2. The molecular weight excluding hydrogens is 283 g/mol. The van der Waals surface area contributed by atoms with E-state index in [-0.39, 0.29) is 17.3 Å². The van der Waals surface area contributed by atoms with Crippen molar-refractivity contribution in [2.45, 2.75) is 13.3 Å². The third kappa shape index (κ3) is 3.24. The maximum absolute atomic E-state index is 13.9. The number of rotatable bonds is 4. The van der Waals surface area contributed by atoms with Gasteiger partial charge in [0.1, 0.15) is 0 Å². The lowest BCUT2D eigenvalue weighted by Crippen LogP contribution is -2.35. The van der Waals surface area contributed by atoms with Crippen LogP contribution in [-0.4, -0.2) is 10.9 Å². The van der Waals surface area contributed by atoms with Gasteiger partial charge in [0.25, 0.3) is 5.91 Å². The van der Waals surface area contributed by atoms with Crippen LogP contribution in [0.5, 0.6) is 5.75 Å². The van der Waals surface area contributed by atoms with E-state index in [1.807, 2.05) is 0 Å². The number of carbonyl (C=O) groups excluding carboxylic acids is 1. The monoisotopic (exact) mass is 294 g/mol. The van der Waals surface area contributed by atoms with Crippen LogP contribution in [0, 0.1) is 5.82 Å². The molecule has 1 heterocycles.